The summed E-state index contributed by atoms with van der Waals surface area (Å²) in [6.45, 7) is 10.5. The molecule has 0 aliphatic heterocycles. The summed E-state index contributed by atoms with van der Waals surface area (Å²) in [5.41, 5.74) is 5.10. The molecule has 0 rings (SSSR count). The predicted molar refractivity (Wildman–Crippen MR) is 80.1 cm³/mol. The van der Waals surface area contributed by atoms with Crippen LogP contribution in [-0.4, -0.2) is 42.6 Å². The number of rotatable bonds is 10. The molecule has 2 N–H and O–H groups in total. The molecular weight excluding hydrogens is 240 g/mol. The molecule has 0 aliphatic carbocycles. The van der Waals surface area contributed by atoms with E-state index in [1.54, 1.807) is 6.92 Å². The number of ether oxygens (including phenoxy) is 1. The Morgan fingerprint density at radius 3 is 2.32 bits per heavy atom. The lowest BCUT2D eigenvalue weighted by atomic mass is 9.97. The first kappa shape index (κ1) is 18.4. The Morgan fingerprint density at radius 2 is 1.84 bits per heavy atom. The van der Waals surface area contributed by atoms with Crippen LogP contribution < -0.4 is 5.73 Å². The number of nitrogens with two attached hydrogens (primary N) is 1. The standard InChI is InChI=1S/C15H32N2O2/c1-6-7-8-11-17(13(2)3)12-9-10-15(4,16)14(18)19-5/h13H,6-12,16H2,1-5H3. The summed E-state index contributed by atoms with van der Waals surface area (Å²) in [5, 5.41) is 0. The summed E-state index contributed by atoms with van der Waals surface area (Å²) in [6, 6.07) is 0.541. The van der Waals surface area contributed by atoms with Gasteiger partial charge in [-0.15, -0.1) is 0 Å². The Balaban J connectivity index is 4.08. The lowest BCUT2D eigenvalue weighted by molar-refractivity contribution is -0.146. The Morgan fingerprint density at radius 1 is 1.26 bits per heavy atom. The third-order valence-corrected chi connectivity index (χ3v) is 3.57. The van der Waals surface area contributed by atoms with Crippen LogP contribution in [0.2, 0.25) is 0 Å². The lowest BCUT2D eigenvalue weighted by Gasteiger charge is -2.28. The van der Waals surface area contributed by atoms with E-state index in [4.69, 9.17) is 10.5 Å². The van der Waals surface area contributed by atoms with Crippen LogP contribution >= 0.6 is 0 Å². The number of methoxy groups -OCH3 is 1. The van der Waals surface area contributed by atoms with Gasteiger partial charge >= 0.3 is 5.97 Å². The molecule has 0 aliphatic rings. The van der Waals surface area contributed by atoms with E-state index in [1.807, 2.05) is 0 Å². The minimum absolute atomic E-state index is 0.324. The van der Waals surface area contributed by atoms with Gasteiger partial charge in [-0.3, -0.25) is 4.79 Å². The van der Waals surface area contributed by atoms with Crippen molar-refractivity contribution in [3.05, 3.63) is 0 Å². The van der Waals surface area contributed by atoms with Gasteiger partial charge in [0.1, 0.15) is 5.54 Å². The average Bonchev–Trinajstić information content (AvgIpc) is 2.35. The number of carbonyl (C=O) groups is 1. The van der Waals surface area contributed by atoms with Gasteiger partial charge in [-0.1, -0.05) is 19.8 Å². The normalized spacial score (nSPS) is 14.7. The fraction of sp³-hybridized carbons (Fsp3) is 0.933. The number of hydrogen-bond acceptors (Lipinski definition) is 4. The van der Waals surface area contributed by atoms with Gasteiger partial charge in [0.25, 0.3) is 0 Å². The van der Waals surface area contributed by atoms with Crippen LogP contribution in [0.1, 0.15) is 59.8 Å². The molecule has 0 fully saturated rings. The van der Waals surface area contributed by atoms with Crippen molar-refractivity contribution in [1.82, 2.24) is 4.90 Å². The first-order chi connectivity index (χ1) is 8.85. The van der Waals surface area contributed by atoms with Crippen LogP contribution in [0.5, 0.6) is 0 Å². The van der Waals surface area contributed by atoms with Gasteiger partial charge < -0.3 is 15.4 Å². The van der Waals surface area contributed by atoms with Crippen molar-refractivity contribution in [2.45, 2.75) is 71.4 Å². The molecule has 0 amide bonds. The molecule has 19 heavy (non-hydrogen) atoms. The maximum Gasteiger partial charge on any atom is 0.325 e. The van der Waals surface area contributed by atoms with Gasteiger partial charge in [0.15, 0.2) is 0 Å². The molecule has 0 heterocycles. The number of unbranched alkanes of at least 4 members (excludes halogenated alkanes) is 2. The second-order valence-electron chi connectivity index (χ2n) is 5.85. The molecule has 0 spiro atoms. The van der Waals surface area contributed by atoms with Crippen molar-refractivity contribution in [2.75, 3.05) is 20.2 Å². The molecule has 1 atom stereocenters. The molecule has 4 nitrogen and oxygen atoms in total. The van der Waals surface area contributed by atoms with Crippen LogP contribution in [0.15, 0.2) is 0 Å². The fourth-order valence-corrected chi connectivity index (χ4v) is 2.18. The highest BCUT2D eigenvalue weighted by Gasteiger charge is 2.28. The molecule has 0 saturated heterocycles. The zero-order valence-electron chi connectivity index (χ0n) is 13.4. The van der Waals surface area contributed by atoms with Crippen LogP contribution in [-0.2, 0) is 9.53 Å². The maximum absolute atomic E-state index is 11.5. The number of nitrogens with zero attached hydrogens (tertiary/aromatic N) is 1. The van der Waals surface area contributed by atoms with Gasteiger partial charge in [-0.25, -0.2) is 0 Å². The zero-order chi connectivity index (χ0) is 14.9. The molecular formula is C15H32N2O2. The van der Waals surface area contributed by atoms with Crippen LogP contribution in [0.3, 0.4) is 0 Å². The van der Waals surface area contributed by atoms with Crippen molar-refractivity contribution in [3.63, 3.8) is 0 Å². The molecule has 114 valence electrons. The minimum Gasteiger partial charge on any atom is -0.468 e. The van der Waals surface area contributed by atoms with Crippen molar-refractivity contribution < 1.29 is 9.53 Å². The Hall–Kier alpha value is -0.610. The van der Waals surface area contributed by atoms with Crippen molar-refractivity contribution in [1.29, 1.82) is 0 Å². The molecule has 0 aromatic heterocycles. The Bertz CT molecular complexity index is 253. The van der Waals surface area contributed by atoms with E-state index in [-0.39, 0.29) is 5.97 Å². The smallest absolute Gasteiger partial charge is 0.325 e. The van der Waals surface area contributed by atoms with Crippen molar-refractivity contribution >= 4 is 5.97 Å². The van der Waals surface area contributed by atoms with E-state index in [0.29, 0.717) is 12.5 Å². The van der Waals surface area contributed by atoms with Crippen molar-refractivity contribution in [2.24, 2.45) is 5.73 Å². The third-order valence-electron chi connectivity index (χ3n) is 3.57. The monoisotopic (exact) mass is 272 g/mol. The highest BCUT2D eigenvalue weighted by atomic mass is 16.5. The van der Waals surface area contributed by atoms with E-state index in [9.17, 15) is 4.79 Å². The zero-order valence-corrected chi connectivity index (χ0v) is 13.4. The Kier molecular flexibility index (Phi) is 9.02. The third kappa shape index (κ3) is 7.53. The van der Waals surface area contributed by atoms with E-state index in [2.05, 4.69) is 25.7 Å². The second-order valence-corrected chi connectivity index (χ2v) is 5.85. The molecule has 0 aromatic rings. The van der Waals surface area contributed by atoms with E-state index in [0.717, 1.165) is 19.5 Å². The number of carbonyl (C=O) groups excluding carboxylic acids is 1. The highest BCUT2D eigenvalue weighted by molar-refractivity contribution is 5.79. The van der Waals surface area contributed by atoms with E-state index >= 15 is 0 Å². The molecule has 0 saturated carbocycles. The molecule has 1 unspecified atom stereocenters. The first-order valence-electron chi connectivity index (χ1n) is 7.46. The average molecular weight is 272 g/mol. The SMILES string of the molecule is CCCCCN(CCCC(C)(N)C(=O)OC)C(C)C. The first-order valence-corrected chi connectivity index (χ1v) is 7.46. The summed E-state index contributed by atoms with van der Waals surface area (Å²) >= 11 is 0. The topological polar surface area (TPSA) is 55.6 Å². The highest BCUT2D eigenvalue weighted by Crippen LogP contribution is 2.13. The quantitative estimate of drug-likeness (QED) is 0.490. The van der Waals surface area contributed by atoms with Crippen LogP contribution in [0.4, 0.5) is 0 Å². The summed E-state index contributed by atoms with van der Waals surface area (Å²) in [5.74, 6) is -0.324. The molecule has 4 heteroatoms. The van der Waals surface area contributed by atoms with Gasteiger partial charge in [0.05, 0.1) is 7.11 Å². The van der Waals surface area contributed by atoms with Gasteiger partial charge in [0.2, 0.25) is 0 Å². The van der Waals surface area contributed by atoms with Crippen molar-refractivity contribution in [3.8, 4) is 0 Å². The largest absolute Gasteiger partial charge is 0.468 e. The maximum atomic E-state index is 11.5. The summed E-state index contributed by atoms with van der Waals surface area (Å²) in [7, 11) is 1.39. The lowest BCUT2D eigenvalue weighted by Crippen LogP contribution is -2.46. The number of hydrogen-bond donors (Lipinski definition) is 1. The fourth-order valence-electron chi connectivity index (χ4n) is 2.18. The van der Waals surface area contributed by atoms with Crippen LogP contribution in [0.25, 0.3) is 0 Å². The second kappa shape index (κ2) is 9.32. The minimum atomic E-state index is -0.860. The summed E-state index contributed by atoms with van der Waals surface area (Å²) in [4.78, 5) is 14.0. The Labute approximate surface area is 118 Å². The van der Waals surface area contributed by atoms with Gasteiger partial charge in [0, 0.05) is 6.04 Å². The van der Waals surface area contributed by atoms with E-state index < -0.39 is 5.54 Å². The molecule has 0 bridgehead atoms. The van der Waals surface area contributed by atoms with Gasteiger partial charge in [-0.2, -0.15) is 0 Å². The molecule has 0 radical (unpaired) electrons. The van der Waals surface area contributed by atoms with E-state index in [1.165, 1.54) is 26.4 Å². The van der Waals surface area contributed by atoms with Gasteiger partial charge in [-0.05, 0) is 53.1 Å². The summed E-state index contributed by atoms with van der Waals surface area (Å²) < 4.78 is 4.72. The predicted octanol–water partition coefficient (Wildman–Crippen LogP) is 2.56. The molecule has 0 aromatic carbocycles. The number of esters is 1. The summed E-state index contributed by atoms with van der Waals surface area (Å²) in [6.07, 6.45) is 5.35. The van der Waals surface area contributed by atoms with Crippen LogP contribution in [0, 0.1) is 0 Å².